The van der Waals surface area contributed by atoms with E-state index in [1.54, 1.807) is 25.1 Å². The lowest BCUT2D eigenvalue weighted by Gasteiger charge is -2.07. The Bertz CT molecular complexity index is 843. The molecule has 0 atom stereocenters. The van der Waals surface area contributed by atoms with Crippen molar-refractivity contribution in [1.82, 2.24) is 15.0 Å². The van der Waals surface area contributed by atoms with Gasteiger partial charge >= 0.3 is 0 Å². The quantitative estimate of drug-likeness (QED) is 0.535. The smallest absolute Gasteiger partial charge is 0.222 e. The standard InChI is InChI=1S/C20H21ClN4OS/c1-26-17-6-4-15(5-7-17)11-16-12-24-20(25-13-16)23-9-10-27-14-19-18(21)3-2-8-22-19/h2-8,12-13H,9-11,14H2,1H3,(H,23,24,25). The summed E-state index contributed by atoms with van der Waals surface area (Å²) in [6, 6.07) is 11.7. The highest BCUT2D eigenvalue weighted by Crippen LogP contribution is 2.18. The average Bonchev–Trinajstić information content (AvgIpc) is 2.71. The van der Waals surface area contributed by atoms with Gasteiger partial charge in [0.2, 0.25) is 5.95 Å². The molecule has 2 heterocycles. The molecule has 7 heteroatoms. The van der Waals surface area contributed by atoms with Crippen molar-refractivity contribution < 1.29 is 4.74 Å². The lowest BCUT2D eigenvalue weighted by atomic mass is 10.1. The molecule has 0 aliphatic heterocycles. The first-order valence-corrected chi connectivity index (χ1v) is 10.1. The van der Waals surface area contributed by atoms with Crippen molar-refractivity contribution in [3.05, 3.63) is 76.8 Å². The zero-order valence-corrected chi connectivity index (χ0v) is 16.6. The van der Waals surface area contributed by atoms with Crippen molar-refractivity contribution in [2.45, 2.75) is 12.2 Å². The normalized spacial score (nSPS) is 10.6. The number of rotatable bonds is 9. The van der Waals surface area contributed by atoms with Gasteiger partial charge in [0.15, 0.2) is 0 Å². The molecule has 5 nitrogen and oxygen atoms in total. The van der Waals surface area contributed by atoms with E-state index in [0.717, 1.165) is 41.5 Å². The number of benzene rings is 1. The largest absolute Gasteiger partial charge is 0.497 e. The van der Waals surface area contributed by atoms with Crippen LogP contribution in [-0.4, -0.2) is 34.4 Å². The van der Waals surface area contributed by atoms with Crippen LogP contribution in [0.4, 0.5) is 5.95 Å². The van der Waals surface area contributed by atoms with Crippen LogP contribution in [-0.2, 0) is 12.2 Å². The van der Waals surface area contributed by atoms with Crippen LogP contribution in [0.1, 0.15) is 16.8 Å². The van der Waals surface area contributed by atoms with E-state index in [1.807, 2.05) is 36.7 Å². The second-order valence-electron chi connectivity index (χ2n) is 5.85. The Morgan fingerprint density at radius 3 is 2.52 bits per heavy atom. The van der Waals surface area contributed by atoms with Gasteiger partial charge in [-0.15, -0.1) is 0 Å². The summed E-state index contributed by atoms with van der Waals surface area (Å²) in [6.45, 7) is 0.785. The Hall–Kier alpha value is -2.31. The molecule has 1 aromatic carbocycles. The second kappa shape index (κ2) is 10.1. The number of hydrogen-bond donors (Lipinski definition) is 1. The third kappa shape index (κ3) is 6.12. The number of halogens is 1. The molecule has 140 valence electrons. The number of ether oxygens (including phenoxy) is 1. The number of nitrogens with zero attached hydrogens (tertiary/aromatic N) is 3. The van der Waals surface area contributed by atoms with Crippen LogP contribution in [0.25, 0.3) is 0 Å². The second-order valence-corrected chi connectivity index (χ2v) is 7.36. The predicted molar refractivity (Wildman–Crippen MR) is 112 cm³/mol. The Balaban J connectivity index is 1.40. The van der Waals surface area contributed by atoms with Crippen LogP contribution < -0.4 is 10.1 Å². The molecule has 0 saturated heterocycles. The molecule has 3 aromatic rings. The van der Waals surface area contributed by atoms with E-state index < -0.39 is 0 Å². The van der Waals surface area contributed by atoms with Gasteiger partial charge in [-0.25, -0.2) is 9.97 Å². The van der Waals surface area contributed by atoms with E-state index in [2.05, 4.69) is 32.4 Å². The Labute approximate surface area is 168 Å². The molecule has 0 bridgehead atoms. The molecule has 0 aliphatic carbocycles. The number of nitrogens with one attached hydrogen (secondary N) is 1. The van der Waals surface area contributed by atoms with Gasteiger partial charge < -0.3 is 10.1 Å². The highest BCUT2D eigenvalue weighted by atomic mass is 35.5. The lowest BCUT2D eigenvalue weighted by Crippen LogP contribution is -2.08. The first kappa shape index (κ1) is 19.5. The zero-order chi connectivity index (χ0) is 18.9. The molecule has 0 aliphatic rings. The summed E-state index contributed by atoms with van der Waals surface area (Å²) in [4.78, 5) is 13.1. The fourth-order valence-corrected chi connectivity index (χ4v) is 3.53. The molecule has 0 radical (unpaired) electrons. The van der Waals surface area contributed by atoms with Gasteiger partial charge in [-0.2, -0.15) is 11.8 Å². The lowest BCUT2D eigenvalue weighted by molar-refractivity contribution is 0.414. The number of thioether (sulfide) groups is 1. The monoisotopic (exact) mass is 400 g/mol. The van der Waals surface area contributed by atoms with Crippen molar-refractivity contribution in [2.24, 2.45) is 0 Å². The van der Waals surface area contributed by atoms with E-state index in [-0.39, 0.29) is 0 Å². The minimum Gasteiger partial charge on any atom is -0.497 e. The fraction of sp³-hybridized carbons (Fsp3) is 0.250. The van der Waals surface area contributed by atoms with Gasteiger partial charge in [-0.1, -0.05) is 23.7 Å². The van der Waals surface area contributed by atoms with E-state index in [0.29, 0.717) is 11.0 Å². The average molecular weight is 401 g/mol. The van der Waals surface area contributed by atoms with Gasteiger partial charge in [0, 0.05) is 43.1 Å². The number of hydrogen-bond acceptors (Lipinski definition) is 6. The van der Waals surface area contributed by atoms with Gasteiger partial charge in [-0.05, 0) is 35.4 Å². The number of aromatic nitrogens is 3. The molecule has 0 unspecified atom stereocenters. The molecule has 0 fully saturated rings. The summed E-state index contributed by atoms with van der Waals surface area (Å²) in [6.07, 6.45) is 6.28. The van der Waals surface area contributed by atoms with Crippen LogP contribution in [0.15, 0.2) is 55.0 Å². The highest BCUT2D eigenvalue weighted by Gasteiger charge is 2.02. The van der Waals surface area contributed by atoms with E-state index >= 15 is 0 Å². The summed E-state index contributed by atoms with van der Waals surface area (Å²) in [5.41, 5.74) is 3.19. The summed E-state index contributed by atoms with van der Waals surface area (Å²) >= 11 is 7.88. The van der Waals surface area contributed by atoms with Crippen LogP contribution in [0.5, 0.6) is 5.75 Å². The molecule has 0 saturated carbocycles. The van der Waals surface area contributed by atoms with Crippen molar-refractivity contribution in [3.8, 4) is 5.75 Å². The van der Waals surface area contributed by atoms with Crippen LogP contribution in [0, 0.1) is 0 Å². The minimum atomic E-state index is 0.643. The summed E-state index contributed by atoms with van der Waals surface area (Å²) in [5, 5.41) is 3.96. The topological polar surface area (TPSA) is 59.9 Å². The van der Waals surface area contributed by atoms with Crippen molar-refractivity contribution in [3.63, 3.8) is 0 Å². The first-order chi connectivity index (χ1) is 13.2. The molecule has 0 amide bonds. The van der Waals surface area contributed by atoms with E-state index in [4.69, 9.17) is 16.3 Å². The Kier molecular flexibility index (Phi) is 7.30. The predicted octanol–water partition coefficient (Wildman–Crippen LogP) is 4.47. The zero-order valence-electron chi connectivity index (χ0n) is 15.1. The van der Waals surface area contributed by atoms with Crippen molar-refractivity contribution >= 4 is 29.3 Å². The Morgan fingerprint density at radius 2 is 1.81 bits per heavy atom. The van der Waals surface area contributed by atoms with Crippen LogP contribution >= 0.6 is 23.4 Å². The first-order valence-electron chi connectivity index (χ1n) is 8.59. The molecule has 0 spiro atoms. The van der Waals surface area contributed by atoms with Gasteiger partial charge in [0.25, 0.3) is 0 Å². The molecular formula is C20H21ClN4OS. The summed E-state index contributed by atoms with van der Waals surface area (Å²) < 4.78 is 5.18. The third-order valence-electron chi connectivity index (χ3n) is 3.88. The molecule has 3 rings (SSSR count). The van der Waals surface area contributed by atoms with E-state index in [9.17, 15) is 0 Å². The maximum absolute atomic E-state index is 6.10. The van der Waals surface area contributed by atoms with Crippen LogP contribution in [0.3, 0.4) is 0 Å². The summed E-state index contributed by atoms with van der Waals surface area (Å²) in [7, 11) is 1.67. The van der Waals surface area contributed by atoms with Crippen molar-refractivity contribution in [2.75, 3.05) is 24.7 Å². The Morgan fingerprint density at radius 1 is 1.04 bits per heavy atom. The number of anilines is 1. The molecule has 2 aromatic heterocycles. The van der Waals surface area contributed by atoms with Gasteiger partial charge in [-0.3, -0.25) is 4.98 Å². The molecule has 27 heavy (non-hydrogen) atoms. The van der Waals surface area contributed by atoms with Crippen molar-refractivity contribution in [1.29, 1.82) is 0 Å². The van der Waals surface area contributed by atoms with Gasteiger partial charge in [0.1, 0.15) is 5.75 Å². The maximum atomic E-state index is 6.10. The molecular weight excluding hydrogens is 380 g/mol. The highest BCUT2D eigenvalue weighted by molar-refractivity contribution is 7.98. The minimum absolute atomic E-state index is 0.643. The molecule has 1 N–H and O–H groups in total. The number of pyridine rings is 1. The SMILES string of the molecule is COc1ccc(Cc2cnc(NCCSCc3ncccc3Cl)nc2)cc1. The van der Waals surface area contributed by atoms with E-state index in [1.165, 1.54) is 5.56 Å². The summed E-state index contributed by atoms with van der Waals surface area (Å²) in [5.74, 6) is 3.22. The fourth-order valence-electron chi connectivity index (χ4n) is 2.44. The third-order valence-corrected chi connectivity index (χ3v) is 5.19. The maximum Gasteiger partial charge on any atom is 0.222 e. The van der Waals surface area contributed by atoms with Crippen LogP contribution in [0.2, 0.25) is 5.02 Å². The van der Waals surface area contributed by atoms with Gasteiger partial charge in [0.05, 0.1) is 17.8 Å². The number of methoxy groups -OCH3 is 1.